The fraction of sp³-hybridized carbons (Fsp3) is 0.600. The highest BCUT2D eigenvalue weighted by atomic mass is 16.3. The fourth-order valence-corrected chi connectivity index (χ4v) is 1.71. The predicted octanol–water partition coefficient (Wildman–Crippen LogP) is 1.06. The Bertz CT molecular complexity index is 265. The molecule has 0 bridgehead atoms. The van der Waals surface area contributed by atoms with E-state index in [1.807, 2.05) is 0 Å². The van der Waals surface area contributed by atoms with Gasteiger partial charge in [-0.05, 0) is 12.8 Å². The van der Waals surface area contributed by atoms with E-state index < -0.39 is 11.7 Å². The molecule has 0 radical (unpaired) electrons. The minimum absolute atomic E-state index is 0.0368. The third-order valence-electron chi connectivity index (χ3n) is 2.54. The lowest BCUT2D eigenvalue weighted by Gasteiger charge is -2.18. The van der Waals surface area contributed by atoms with Gasteiger partial charge in [-0.25, -0.2) is 0 Å². The Balaban J connectivity index is 2.56. The minimum Gasteiger partial charge on any atom is -0.503 e. The molecule has 1 amide bonds. The summed E-state index contributed by atoms with van der Waals surface area (Å²) in [5.74, 6) is -1.80. The van der Waals surface area contributed by atoms with Gasteiger partial charge in [0.25, 0.3) is 5.91 Å². The average molecular weight is 197 g/mol. The van der Waals surface area contributed by atoms with Crippen molar-refractivity contribution < 1.29 is 14.7 Å². The topological polar surface area (TPSA) is 80.4 Å². The highest BCUT2D eigenvalue weighted by Crippen LogP contribution is 2.24. The maximum atomic E-state index is 11.5. The Morgan fingerprint density at radius 2 is 1.79 bits per heavy atom. The van der Waals surface area contributed by atoms with Crippen molar-refractivity contribution in [2.24, 2.45) is 11.7 Å². The van der Waals surface area contributed by atoms with Crippen LogP contribution < -0.4 is 5.73 Å². The summed E-state index contributed by atoms with van der Waals surface area (Å²) in [7, 11) is 0. The SMILES string of the molecule is NC(=O)/C(O)=C/C(=O)C1CCCCC1. The molecule has 0 atom stereocenters. The second-order valence-electron chi connectivity index (χ2n) is 3.63. The van der Waals surface area contributed by atoms with E-state index in [1.165, 1.54) is 0 Å². The molecule has 4 heteroatoms. The summed E-state index contributed by atoms with van der Waals surface area (Å²) in [5.41, 5.74) is 4.80. The van der Waals surface area contributed by atoms with Gasteiger partial charge in [0.1, 0.15) is 0 Å². The van der Waals surface area contributed by atoms with Crippen LogP contribution >= 0.6 is 0 Å². The summed E-state index contributed by atoms with van der Waals surface area (Å²) < 4.78 is 0. The highest BCUT2D eigenvalue weighted by Gasteiger charge is 2.20. The van der Waals surface area contributed by atoms with E-state index in [2.05, 4.69) is 0 Å². The Hall–Kier alpha value is -1.32. The largest absolute Gasteiger partial charge is 0.503 e. The van der Waals surface area contributed by atoms with Crippen molar-refractivity contribution in [1.29, 1.82) is 0 Å². The van der Waals surface area contributed by atoms with Gasteiger partial charge >= 0.3 is 0 Å². The van der Waals surface area contributed by atoms with Crippen LogP contribution in [0.4, 0.5) is 0 Å². The van der Waals surface area contributed by atoms with Gasteiger partial charge in [0.05, 0.1) is 0 Å². The van der Waals surface area contributed by atoms with Crippen LogP contribution in [0.15, 0.2) is 11.8 Å². The number of primary amides is 1. The van der Waals surface area contributed by atoms with Crippen LogP contribution in [0, 0.1) is 5.92 Å². The first-order chi connectivity index (χ1) is 6.61. The molecule has 14 heavy (non-hydrogen) atoms. The van der Waals surface area contributed by atoms with Crippen molar-refractivity contribution in [3.63, 3.8) is 0 Å². The lowest BCUT2D eigenvalue weighted by Crippen LogP contribution is -2.19. The van der Waals surface area contributed by atoms with Crippen molar-refractivity contribution in [2.75, 3.05) is 0 Å². The summed E-state index contributed by atoms with van der Waals surface area (Å²) in [5, 5.41) is 8.99. The number of aliphatic hydroxyl groups excluding tert-OH is 1. The molecular weight excluding hydrogens is 182 g/mol. The van der Waals surface area contributed by atoms with Crippen LogP contribution in [0.3, 0.4) is 0 Å². The first-order valence-corrected chi connectivity index (χ1v) is 4.85. The van der Waals surface area contributed by atoms with E-state index in [9.17, 15) is 9.59 Å². The average Bonchev–Trinajstić information content (AvgIpc) is 2.19. The molecule has 1 rings (SSSR count). The molecule has 0 aromatic rings. The Morgan fingerprint density at radius 3 is 2.29 bits per heavy atom. The monoisotopic (exact) mass is 197 g/mol. The first-order valence-electron chi connectivity index (χ1n) is 4.85. The number of amides is 1. The van der Waals surface area contributed by atoms with E-state index in [4.69, 9.17) is 10.8 Å². The van der Waals surface area contributed by atoms with Crippen molar-refractivity contribution >= 4 is 11.7 Å². The Morgan fingerprint density at radius 1 is 1.21 bits per heavy atom. The number of hydrogen-bond donors (Lipinski definition) is 2. The summed E-state index contributed by atoms with van der Waals surface area (Å²) in [6.07, 6.45) is 5.90. The third kappa shape index (κ3) is 2.87. The maximum Gasteiger partial charge on any atom is 0.283 e. The molecule has 1 fully saturated rings. The molecule has 4 nitrogen and oxygen atoms in total. The van der Waals surface area contributed by atoms with Crippen LogP contribution in [0.5, 0.6) is 0 Å². The summed E-state index contributed by atoms with van der Waals surface area (Å²) >= 11 is 0. The lowest BCUT2D eigenvalue weighted by atomic mass is 9.86. The van der Waals surface area contributed by atoms with Gasteiger partial charge < -0.3 is 10.8 Å². The third-order valence-corrected chi connectivity index (χ3v) is 2.54. The molecule has 0 saturated heterocycles. The van der Waals surface area contributed by atoms with Crippen LogP contribution in [0.1, 0.15) is 32.1 Å². The molecule has 0 heterocycles. The van der Waals surface area contributed by atoms with Gasteiger partial charge in [0, 0.05) is 12.0 Å². The smallest absolute Gasteiger partial charge is 0.283 e. The van der Waals surface area contributed by atoms with Crippen molar-refractivity contribution in [3.05, 3.63) is 11.8 Å². The van der Waals surface area contributed by atoms with Crippen LogP contribution in [0.2, 0.25) is 0 Å². The van der Waals surface area contributed by atoms with Gasteiger partial charge in [-0.15, -0.1) is 0 Å². The number of rotatable bonds is 3. The normalized spacial score (nSPS) is 19.3. The lowest BCUT2D eigenvalue weighted by molar-refractivity contribution is -0.121. The van der Waals surface area contributed by atoms with Crippen LogP contribution in [-0.4, -0.2) is 16.8 Å². The predicted molar refractivity (Wildman–Crippen MR) is 51.5 cm³/mol. The number of carbonyl (C=O) groups excluding carboxylic acids is 2. The highest BCUT2D eigenvalue weighted by molar-refractivity contribution is 6.00. The molecule has 0 unspecified atom stereocenters. The Kier molecular flexibility index (Phi) is 3.68. The van der Waals surface area contributed by atoms with Crippen molar-refractivity contribution in [2.45, 2.75) is 32.1 Å². The second-order valence-corrected chi connectivity index (χ2v) is 3.63. The van der Waals surface area contributed by atoms with E-state index in [0.29, 0.717) is 0 Å². The second kappa shape index (κ2) is 4.79. The van der Waals surface area contributed by atoms with Crippen LogP contribution in [-0.2, 0) is 9.59 Å². The number of aliphatic hydroxyl groups is 1. The van der Waals surface area contributed by atoms with E-state index in [1.54, 1.807) is 0 Å². The van der Waals surface area contributed by atoms with Gasteiger partial charge in [-0.1, -0.05) is 19.3 Å². The van der Waals surface area contributed by atoms with Gasteiger partial charge in [0.15, 0.2) is 11.5 Å². The van der Waals surface area contributed by atoms with E-state index in [0.717, 1.165) is 38.2 Å². The van der Waals surface area contributed by atoms with Crippen molar-refractivity contribution in [1.82, 2.24) is 0 Å². The number of nitrogens with two attached hydrogens (primary N) is 1. The maximum absolute atomic E-state index is 11.5. The molecule has 0 aromatic carbocycles. The molecule has 0 spiro atoms. The first kappa shape index (κ1) is 10.8. The molecule has 1 aliphatic carbocycles. The quantitative estimate of drug-likeness (QED) is 0.524. The van der Waals surface area contributed by atoms with Gasteiger partial charge in [-0.2, -0.15) is 0 Å². The standard InChI is InChI=1S/C10H15NO3/c11-10(14)9(13)6-8(12)7-4-2-1-3-5-7/h6-7,13H,1-5H2,(H2,11,14)/b9-6-. The molecule has 3 N–H and O–H groups in total. The van der Waals surface area contributed by atoms with E-state index in [-0.39, 0.29) is 11.7 Å². The minimum atomic E-state index is -0.950. The van der Waals surface area contributed by atoms with Gasteiger partial charge in [-0.3, -0.25) is 9.59 Å². The molecule has 78 valence electrons. The number of hydrogen-bond acceptors (Lipinski definition) is 3. The van der Waals surface area contributed by atoms with Crippen molar-refractivity contribution in [3.8, 4) is 0 Å². The van der Waals surface area contributed by atoms with Gasteiger partial charge in [0.2, 0.25) is 0 Å². The van der Waals surface area contributed by atoms with Crippen LogP contribution in [0.25, 0.3) is 0 Å². The zero-order valence-electron chi connectivity index (χ0n) is 8.03. The Labute approximate surface area is 82.8 Å². The summed E-state index contributed by atoms with van der Waals surface area (Å²) in [4.78, 5) is 21.9. The molecular formula is C10H15NO3. The number of ketones is 1. The summed E-state index contributed by atoms with van der Waals surface area (Å²) in [6, 6.07) is 0. The summed E-state index contributed by atoms with van der Waals surface area (Å²) in [6.45, 7) is 0. The van der Waals surface area contributed by atoms with E-state index >= 15 is 0 Å². The fourth-order valence-electron chi connectivity index (χ4n) is 1.71. The zero-order chi connectivity index (χ0) is 10.6. The molecule has 0 aliphatic heterocycles. The molecule has 1 saturated carbocycles. The molecule has 0 aromatic heterocycles. The number of allylic oxidation sites excluding steroid dienone is 1. The zero-order valence-corrected chi connectivity index (χ0v) is 8.03. The molecule has 1 aliphatic rings. The number of carbonyl (C=O) groups is 2.